The Hall–Kier alpha value is -0.730. The average molecular weight is 208 g/mol. The molecule has 14 heavy (non-hydrogen) atoms. The number of benzene rings is 1. The van der Waals surface area contributed by atoms with Crippen molar-refractivity contribution < 1.29 is 5.11 Å². The van der Waals surface area contributed by atoms with Crippen molar-refractivity contribution in [1.82, 2.24) is 0 Å². The summed E-state index contributed by atoms with van der Waals surface area (Å²) in [5, 5.41) is 12.0. The van der Waals surface area contributed by atoms with Crippen LogP contribution in [0.1, 0.15) is 18.6 Å². The summed E-state index contributed by atoms with van der Waals surface area (Å²) >= 11 is 1.65. The molecule has 0 aliphatic heterocycles. The molecule has 0 saturated heterocycles. The quantitative estimate of drug-likeness (QED) is 0.819. The lowest BCUT2D eigenvalue weighted by Crippen LogP contribution is -2.06. The van der Waals surface area contributed by atoms with E-state index in [1.807, 2.05) is 55.0 Å². The molecule has 0 spiro atoms. The summed E-state index contributed by atoms with van der Waals surface area (Å²) in [6.07, 6.45) is 3.64. The molecule has 0 fully saturated rings. The molecular formula is C12H16OS. The van der Waals surface area contributed by atoms with E-state index in [4.69, 9.17) is 0 Å². The zero-order chi connectivity index (χ0) is 10.4. The van der Waals surface area contributed by atoms with Crippen LogP contribution in [-0.4, -0.2) is 11.4 Å². The maximum absolute atomic E-state index is 9.96. The predicted molar refractivity (Wildman–Crippen MR) is 63.2 cm³/mol. The fourth-order valence-electron chi connectivity index (χ4n) is 1.26. The summed E-state index contributed by atoms with van der Waals surface area (Å²) < 4.78 is 0. The fourth-order valence-corrected chi connectivity index (χ4v) is 1.67. The SMILES string of the molecule is CS/C=C/C(C)C(O)c1ccccc1. The Bertz CT molecular complexity index is 282. The average Bonchev–Trinajstić information content (AvgIpc) is 2.26. The second-order valence-corrected chi connectivity index (χ2v) is 4.02. The third kappa shape index (κ3) is 3.20. The van der Waals surface area contributed by atoms with E-state index in [0.717, 1.165) is 5.56 Å². The van der Waals surface area contributed by atoms with E-state index in [9.17, 15) is 5.11 Å². The summed E-state index contributed by atoms with van der Waals surface area (Å²) in [6, 6.07) is 9.76. The largest absolute Gasteiger partial charge is 0.388 e. The van der Waals surface area contributed by atoms with Crippen LogP contribution in [0.4, 0.5) is 0 Å². The summed E-state index contributed by atoms with van der Waals surface area (Å²) in [6.45, 7) is 2.02. The number of hydrogen-bond acceptors (Lipinski definition) is 2. The van der Waals surface area contributed by atoms with Gasteiger partial charge < -0.3 is 5.11 Å². The fraction of sp³-hybridized carbons (Fsp3) is 0.333. The van der Waals surface area contributed by atoms with Crippen LogP contribution in [-0.2, 0) is 0 Å². The number of aliphatic hydroxyl groups is 1. The standard InChI is InChI=1S/C12H16OS/c1-10(8-9-14-2)12(13)11-6-4-3-5-7-11/h3-10,12-13H,1-2H3/b9-8+. The van der Waals surface area contributed by atoms with Crippen LogP contribution in [0.25, 0.3) is 0 Å². The Balaban J connectivity index is 2.65. The molecule has 0 amide bonds. The molecule has 2 unspecified atom stereocenters. The first kappa shape index (κ1) is 11.3. The molecule has 0 saturated carbocycles. The van der Waals surface area contributed by atoms with Crippen LogP contribution in [0.15, 0.2) is 41.8 Å². The first-order valence-corrected chi connectivity index (χ1v) is 5.97. The smallest absolute Gasteiger partial charge is 0.0850 e. The molecule has 1 rings (SSSR count). The van der Waals surface area contributed by atoms with Crippen molar-refractivity contribution >= 4 is 11.8 Å². The third-order valence-corrected chi connectivity index (χ3v) is 2.59. The van der Waals surface area contributed by atoms with Gasteiger partial charge in [0.05, 0.1) is 6.10 Å². The lowest BCUT2D eigenvalue weighted by atomic mass is 9.98. The van der Waals surface area contributed by atoms with Crippen molar-refractivity contribution in [2.75, 3.05) is 6.26 Å². The van der Waals surface area contributed by atoms with Gasteiger partial charge >= 0.3 is 0 Å². The molecule has 1 aromatic carbocycles. The van der Waals surface area contributed by atoms with Gasteiger partial charge in [-0.05, 0) is 17.2 Å². The molecule has 0 bridgehead atoms. The maximum Gasteiger partial charge on any atom is 0.0850 e. The van der Waals surface area contributed by atoms with E-state index < -0.39 is 6.10 Å². The van der Waals surface area contributed by atoms with Gasteiger partial charge in [-0.15, -0.1) is 11.8 Å². The second-order valence-electron chi connectivity index (χ2n) is 3.28. The minimum Gasteiger partial charge on any atom is -0.388 e. The minimum atomic E-state index is -0.403. The van der Waals surface area contributed by atoms with Crippen LogP contribution < -0.4 is 0 Å². The summed E-state index contributed by atoms with van der Waals surface area (Å²) in [5.74, 6) is 0.157. The molecule has 2 heteroatoms. The molecule has 0 aliphatic rings. The minimum absolute atomic E-state index is 0.157. The summed E-state index contributed by atoms with van der Waals surface area (Å²) in [5.41, 5.74) is 0.978. The van der Waals surface area contributed by atoms with Crippen molar-refractivity contribution in [2.45, 2.75) is 13.0 Å². The Morgan fingerprint density at radius 2 is 1.93 bits per heavy atom. The summed E-state index contributed by atoms with van der Waals surface area (Å²) in [4.78, 5) is 0. The Morgan fingerprint density at radius 1 is 1.29 bits per heavy atom. The van der Waals surface area contributed by atoms with Crippen LogP contribution in [0.3, 0.4) is 0 Å². The zero-order valence-corrected chi connectivity index (χ0v) is 9.37. The highest BCUT2D eigenvalue weighted by Crippen LogP contribution is 2.22. The van der Waals surface area contributed by atoms with Gasteiger partial charge in [0.25, 0.3) is 0 Å². The Morgan fingerprint density at radius 3 is 2.50 bits per heavy atom. The van der Waals surface area contributed by atoms with Gasteiger partial charge in [0.2, 0.25) is 0 Å². The van der Waals surface area contributed by atoms with Gasteiger partial charge in [0.1, 0.15) is 0 Å². The van der Waals surface area contributed by atoms with Gasteiger partial charge in [-0.3, -0.25) is 0 Å². The van der Waals surface area contributed by atoms with Crippen LogP contribution >= 0.6 is 11.8 Å². The van der Waals surface area contributed by atoms with E-state index in [1.54, 1.807) is 11.8 Å². The van der Waals surface area contributed by atoms with Crippen LogP contribution in [0.2, 0.25) is 0 Å². The van der Waals surface area contributed by atoms with Crippen LogP contribution in [0, 0.1) is 5.92 Å². The van der Waals surface area contributed by atoms with Gasteiger partial charge in [-0.2, -0.15) is 0 Å². The van der Waals surface area contributed by atoms with Gasteiger partial charge in [-0.25, -0.2) is 0 Å². The van der Waals surface area contributed by atoms with Crippen molar-refractivity contribution in [3.05, 3.63) is 47.4 Å². The number of rotatable bonds is 4. The highest BCUT2D eigenvalue weighted by atomic mass is 32.2. The first-order valence-electron chi connectivity index (χ1n) is 4.68. The maximum atomic E-state index is 9.96. The molecule has 2 atom stereocenters. The van der Waals surface area contributed by atoms with E-state index in [1.165, 1.54) is 0 Å². The topological polar surface area (TPSA) is 20.2 Å². The van der Waals surface area contributed by atoms with Crippen molar-refractivity contribution in [2.24, 2.45) is 5.92 Å². The molecular weight excluding hydrogens is 192 g/mol. The van der Waals surface area contributed by atoms with E-state index in [2.05, 4.69) is 0 Å². The highest BCUT2D eigenvalue weighted by molar-refractivity contribution is 8.01. The number of aliphatic hydroxyl groups excluding tert-OH is 1. The highest BCUT2D eigenvalue weighted by Gasteiger charge is 2.12. The predicted octanol–water partition coefficient (Wildman–Crippen LogP) is 3.23. The molecule has 1 N–H and O–H groups in total. The number of thioether (sulfide) groups is 1. The Labute approximate surface area is 89.8 Å². The monoisotopic (exact) mass is 208 g/mol. The zero-order valence-electron chi connectivity index (χ0n) is 8.55. The molecule has 0 aliphatic carbocycles. The Kier molecular flexibility index (Phi) is 4.77. The van der Waals surface area contributed by atoms with Gasteiger partial charge in [0, 0.05) is 5.92 Å². The molecule has 1 nitrogen and oxygen atoms in total. The molecule has 1 aromatic rings. The van der Waals surface area contributed by atoms with Crippen molar-refractivity contribution in [3.8, 4) is 0 Å². The first-order chi connectivity index (χ1) is 6.75. The lowest BCUT2D eigenvalue weighted by Gasteiger charge is -2.15. The van der Waals surface area contributed by atoms with E-state index >= 15 is 0 Å². The van der Waals surface area contributed by atoms with Gasteiger partial charge in [0.15, 0.2) is 0 Å². The molecule has 0 aromatic heterocycles. The van der Waals surface area contributed by atoms with Crippen LogP contribution in [0.5, 0.6) is 0 Å². The van der Waals surface area contributed by atoms with E-state index in [-0.39, 0.29) is 5.92 Å². The molecule has 0 radical (unpaired) electrons. The third-order valence-electron chi connectivity index (χ3n) is 2.16. The normalized spacial score (nSPS) is 15.6. The van der Waals surface area contributed by atoms with E-state index in [0.29, 0.717) is 0 Å². The molecule has 0 heterocycles. The molecule has 76 valence electrons. The lowest BCUT2D eigenvalue weighted by molar-refractivity contribution is 0.140. The van der Waals surface area contributed by atoms with Crippen molar-refractivity contribution in [1.29, 1.82) is 0 Å². The number of hydrogen-bond donors (Lipinski definition) is 1. The van der Waals surface area contributed by atoms with Gasteiger partial charge in [-0.1, -0.05) is 43.3 Å². The second kappa shape index (κ2) is 5.89. The summed E-state index contributed by atoms with van der Waals surface area (Å²) in [7, 11) is 0. The van der Waals surface area contributed by atoms with Crippen molar-refractivity contribution in [3.63, 3.8) is 0 Å².